The van der Waals surface area contributed by atoms with Crippen LogP contribution in [0, 0.1) is 0 Å². The molecule has 0 aliphatic carbocycles. The van der Waals surface area contributed by atoms with E-state index in [1.54, 1.807) is 4.90 Å². The second-order valence-corrected chi connectivity index (χ2v) is 11.5. The van der Waals surface area contributed by atoms with E-state index in [0.717, 1.165) is 17.9 Å². The summed E-state index contributed by atoms with van der Waals surface area (Å²) >= 11 is 6.14. The Kier molecular flexibility index (Phi) is 8.22. The van der Waals surface area contributed by atoms with Gasteiger partial charge < -0.3 is 15.0 Å². The predicted molar refractivity (Wildman–Crippen MR) is 139 cm³/mol. The Hall–Kier alpha value is -3.57. The number of likely N-dealkylation sites (tertiary alicyclic amines) is 1. The van der Waals surface area contributed by atoms with Gasteiger partial charge in [0, 0.05) is 36.9 Å². The normalized spacial score (nSPS) is 17.9. The van der Waals surface area contributed by atoms with E-state index in [-0.39, 0.29) is 46.0 Å². The SMILES string of the molecule is CS(=O)(=O)c1ccc(C(=O)N2CC[C@@H](NC(=O)c3ccccc3OC(F)(F)F)[C@@H](c3ccccc3)C2)cc1Cl. The molecule has 3 aromatic carbocycles. The first-order valence-corrected chi connectivity index (χ1v) is 14.1. The second kappa shape index (κ2) is 11.3. The fourth-order valence-corrected chi connectivity index (χ4v) is 5.91. The van der Waals surface area contributed by atoms with Crippen LogP contribution in [0.15, 0.2) is 77.7 Å². The lowest BCUT2D eigenvalue weighted by atomic mass is 9.85. The number of amides is 2. The van der Waals surface area contributed by atoms with Crippen molar-refractivity contribution in [3.63, 3.8) is 0 Å². The van der Waals surface area contributed by atoms with Crippen LogP contribution in [0.5, 0.6) is 5.75 Å². The molecule has 3 aromatic rings. The van der Waals surface area contributed by atoms with Gasteiger partial charge in [-0.15, -0.1) is 13.2 Å². The molecule has 1 aliphatic rings. The smallest absolute Gasteiger partial charge is 0.405 e. The van der Waals surface area contributed by atoms with Crippen LogP contribution in [-0.2, 0) is 9.84 Å². The molecule has 2 atom stereocenters. The van der Waals surface area contributed by atoms with E-state index in [1.807, 2.05) is 30.3 Å². The highest BCUT2D eigenvalue weighted by molar-refractivity contribution is 7.90. The highest BCUT2D eigenvalue weighted by atomic mass is 35.5. The third-order valence-electron chi connectivity index (χ3n) is 6.38. The lowest BCUT2D eigenvalue weighted by Crippen LogP contribution is -2.51. The van der Waals surface area contributed by atoms with Crippen LogP contribution in [0.25, 0.3) is 0 Å². The van der Waals surface area contributed by atoms with Crippen molar-refractivity contribution in [3.8, 4) is 5.75 Å². The van der Waals surface area contributed by atoms with E-state index in [1.165, 1.54) is 36.4 Å². The molecular weight excluding hydrogens is 557 g/mol. The molecule has 7 nitrogen and oxygen atoms in total. The Labute approximate surface area is 228 Å². The van der Waals surface area contributed by atoms with Crippen molar-refractivity contribution in [2.45, 2.75) is 29.6 Å². The Balaban J connectivity index is 1.57. The van der Waals surface area contributed by atoms with Gasteiger partial charge in [0.15, 0.2) is 9.84 Å². The third kappa shape index (κ3) is 6.90. The molecule has 206 valence electrons. The van der Waals surface area contributed by atoms with E-state index in [0.29, 0.717) is 6.42 Å². The van der Waals surface area contributed by atoms with Crippen LogP contribution in [0.3, 0.4) is 0 Å². The van der Waals surface area contributed by atoms with Gasteiger partial charge in [-0.3, -0.25) is 9.59 Å². The van der Waals surface area contributed by atoms with Crippen molar-refractivity contribution in [2.75, 3.05) is 19.3 Å². The zero-order chi connectivity index (χ0) is 28.4. The quantitative estimate of drug-likeness (QED) is 0.439. The number of sulfone groups is 1. The topological polar surface area (TPSA) is 92.8 Å². The molecule has 0 spiro atoms. The van der Waals surface area contributed by atoms with Gasteiger partial charge in [-0.25, -0.2) is 8.42 Å². The number of carbonyl (C=O) groups excluding carboxylic acids is 2. The lowest BCUT2D eigenvalue weighted by Gasteiger charge is -2.39. The molecule has 12 heteroatoms. The molecule has 0 unspecified atom stereocenters. The fourth-order valence-electron chi connectivity index (χ4n) is 4.58. The number of hydrogen-bond donors (Lipinski definition) is 1. The summed E-state index contributed by atoms with van der Waals surface area (Å²) in [7, 11) is -3.57. The molecule has 0 aromatic heterocycles. The number of nitrogens with one attached hydrogen (secondary N) is 1. The van der Waals surface area contributed by atoms with E-state index in [4.69, 9.17) is 11.6 Å². The largest absolute Gasteiger partial charge is 0.573 e. The molecular formula is C27H24ClF3N2O5S. The summed E-state index contributed by atoms with van der Waals surface area (Å²) in [4.78, 5) is 27.9. The summed E-state index contributed by atoms with van der Waals surface area (Å²) in [5, 5.41) is 2.77. The maximum absolute atomic E-state index is 13.3. The third-order valence-corrected chi connectivity index (χ3v) is 7.96. The number of alkyl halides is 3. The molecule has 0 radical (unpaired) electrons. The van der Waals surface area contributed by atoms with Gasteiger partial charge >= 0.3 is 6.36 Å². The molecule has 0 saturated carbocycles. The maximum atomic E-state index is 13.3. The van der Waals surface area contributed by atoms with Gasteiger partial charge in [-0.1, -0.05) is 54.1 Å². The summed E-state index contributed by atoms with van der Waals surface area (Å²) in [5.41, 5.74) is 0.770. The number of para-hydroxylation sites is 1. The van der Waals surface area contributed by atoms with E-state index < -0.39 is 33.9 Å². The van der Waals surface area contributed by atoms with Gasteiger partial charge in [-0.2, -0.15) is 0 Å². The monoisotopic (exact) mass is 580 g/mol. The molecule has 4 rings (SSSR count). The number of ether oxygens (including phenoxy) is 1. The highest BCUT2D eigenvalue weighted by Gasteiger charge is 2.36. The van der Waals surface area contributed by atoms with Crippen LogP contribution >= 0.6 is 11.6 Å². The van der Waals surface area contributed by atoms with Gasteiger partial charge in [-0.05, 0) is 42.3 Å². The molecule has 1 saturated heterocycles. The van der Waals surface area contributed by atoms with Crippen molar-refractivity contribution in [3.05, 3.63) is 94.5 Å². The minimum absolute atomic E-state index is 0.0650. The average molecular weight is 581 g/mol. The fraction of sp³-hybridized carbons (Fsp3) is 0.259. The van der Waals surface area contributed by atoms with E-state index in [9.17, 15) is 31.2 Å². The molecule has 1 aliphatic heterocycles. The van der Waals surface area contributed by atoms with Crippen molar-refractivity contribution in [1.29, 1.82) is 0 Å². The standard InChI is InChI=1S/C27H24ClF3N2O5S/c1-39(36,37)24-12-11-18(15-21(24)28)26(35)33-14-13-22(20(16-33)17-7-3-2-4-8-17)32-25(34)19-9-5-6-10-23(19)38-27(29,30)31/h2-12,15,20,22H,13-14,16H2,1H3,(H,32,34)/t20-,22-/m1/s1. The van der Waals surface area contributed by atoms with Gasteiger partial charge in [0.2, 0.25) is 0 Å². The van der Waals surface area contributed by atoms with Gasteiger partial charge in [0.05, 0.1) is 15.5 Å². The van der Waals surface area contributed by atoms with Crippen molar-refractivity contribution in [1.82, 2.24) is 10.2 Å². The highest BCUT2D eigenvalue weighted by Crippen LogP contribution is 2.31. The van der Waals surface area contributed by atoms with Gasteiger partial charge in [0.25, 0.3) is 11.8 Å². The van der Waals surface area contributed by atoms with Crippen LogP contribution in [-0.4, -0.2) is 56.9 Å². The van der Waals surface area contributed by atoms with Gasteiger partial charge in [0.1, 0.15) is 5.75 Å². The molecule has 0 bridgehead atoms. The number of carbonyl (C=O) groups is 2. The van der Waals surface area contributed by atoms with E-state index in [2.05, 4.69) is 10.1 Å². The first kappa shape index (κ1) is 28.4. The molecule has 1 N–H and O–H groups in total. The predicted octanol–water partition coefficient (Wildman–Crippen LogP) is 5.07. The Morgan fingerprint density at radius 3 is 2.33 bits per heavy atom. The Morgan fingerprint density at radius 2 is 1.69 bits per heavy atom. The number of piperidine rings is 1. The number of halogens is 4. The number of benzene rings is 3. The summed E-state index contributed by atoms with van der Waals surface area (Å²) in [5.74, 6) is -2.09. The lowest BCUT2D eigenvalue weighted by molar-refractivity contribution is -0.274. The average Bonchev–Trinajstić information content (AvgIpc) is 2.87. The van der Waals surface area contributed by atoms with Crippen LogP contribution in [0.2, 0.25) is 5.02 Å². The molecule has 39 heavy (non-hydrogen) atoms. The Bertz CT molecular complexity index is 1480. The molecule has 1 heterocycles. The first-order valence-electron chi connectivity index (χ1n) is 11.8. The summed E-state index contributed by atoms with van der Waals surface area (Å²) in [6.07, 6.45) is -3.63. The van der Waals surface area contributed by atoms with Crippen LogP contribution < -0.4 is 10.1 Å². The van der Waals surface area contributed by atoms with Crippen molar-refractivity contribution >= 4 is 33.3 Å². The summed E-state index contributed by atoms with van der Waals surface area (Å²) in [6.45, 7) is 0.430. The number of hydrogen-bond acceptors (Lipinski definition) is 5. The Morgan fingerprint density at radius 1 is 1.03 bits per heavy atom. The van der Waals surface area contributed by atoms with E-state index >= 15 is 0 Å². The summed E-state index contributed by atoms with van der Waals surface area (Å²) < 4.78 is 66.4. The minimum atomic E-state index is -4.96. The zero-order valence-electron chi connectivity index (χ0n) is 20.6. The zero-order valence-corrected chi connectivity index (χ0v) is 22.2. The molecule has 2 amide bonds. The number of rotatable bonds is 6. The van der Waals surface area contributed by atoms with Crippen molar-refractivity contribution in [2.24, 2.45) is 0 Å². The molecule has 1 fully saturated rings. The van der Waals surface area contributed by atoms with Crippen LogP contribution in [0.4, 0.5) is 13.2 Å². The van der Waals surface area contributed by atoms with Crippen LogP contribution in [0.1, 0.15) is 38.6 Å². The number of nitrogens with zero attached hydrogens (tertiary/aromatic N) is 1. The summed E-state index contributed by atoms with van der Waals surface area (Å²) in [6, 6.07) is 17.7. The minimum Gasteiger partial charge on any atom is -0.405 e. The first-order chi connectivity index (χ1) is 18.3. The van der Waals surface area contributed by atoms with Crippen molar-refractivity contribution < 1.29 is 35.9 Å². The second-order valence-electron chi connectivity index (χ2n) is 9.10. The maximum Gasteiger partial charge on any atom is 0.573 e.